The van der Waals surface area contributed by atoms with Gasteiger partial charge in [-0.15, -0.1) is 0 Å². The molecule has 0 saturated carbocycles. The van der Waals surface area contributed by atoms with E-state index in [9.17, 15) is 0 Å². The second-order valence-corrected chi connectivity index (χ2v) is 7.39. The molecule has 5 nitrogen and oxygen atoms in total. The van der Waals surface area contributed by atoms with Crippen molar-refractivity contribution in [1.29, 1.82) is 0 Å². The van der Waals surface area contributed by atoms with Crippen LogP contribution in [0.2, 0.25) is 6.04 Å². The van der Waals surface area contributed by atoms with Crippen molar-refractivity contribution >= 4 is 8.80 Å². The summed E-state index contributed by atoms with van der Waals surface area (Å²) in [6, 6.07) is 0.842. The summed E-state index contributed by atoms with van der Waals surface area (Å²) in [7, 11) is 0.767. The molecule has 1 unspecified atom stereocenters. The molecule has 108 valence electrons. The fourth-order valence-electron chi connectivity index (χ4n) is 1.79. The second kappa shape index (κ2) is 9.01. The Kier molecular flexibility index (Phi) is 8.04. The van der Waals surface area contributed by atoms with Crippen molar-refractivity contribution in [2.75, 3.05) is 27.6 Å². The van der Waals surface area contributed by atoms with E-state index in [1.165, 1.54) is 19.3 Å². The first-order valence-corrected chi connectivity index (χ1v) is 8.67. The van der Waals surface area contributed by atoms with Crippen molar-refractivity contribution in [1.82, 2.24) is 0 Å². The second-order valence-electron chi connectivity index (χ2n) is 4.42. The fraction of sp³-hybridized carbons (Fsp3) is 1.00. The first-order chi connectivity index (χ1) is 8.76. The Hall–Kier alpha value is 0.0169. The molecule has 0 aromatic heterocycles. The Bertz CT molecular complexity index is 207. The molecule has 1 atom stereocenters. The van der Waals surface area contributed by atoms with Crippen molar-refractivity contribution in [3.8, 4) is 0 Å². The van der Waals surface area contributed by atoms with Crippen molar-refractivity contribution in [2.45, 2.75) is 51.4 Å². The van der Waals surface area contributed by atoms with Crippen LogP contribution >= 0.6 is 0 Å². The molecule has 0 aromatic rings. The molecular weight excluding hydrogens is 252 g/mol. The first-order valence-electron chi connectivity index (χ1n) is 6.74. The van der Waals surface area contributed by atoms with Gasteiger partial charge in [0.05, 0.1) is 6.61 Å². The molecule has 0 N–H and O–H groups in total. The van der Waals surface area contributed by atoms with Crippen LogP contribution in [-0.4, -0.2) is 42.7 Å². The Balaban J connectivity index is 2.21. The summed E-state index contributed by atoms with van der Waals surface area (Å²) in [5, 5.41) is 0. The molecule has 0 radical (unpaired) electrons. The van der Waals surface area contributed by atoms with Gasteiger partial charge in [0.2, 0.25) is 0 Å². The molecule has 1 aliphatic heterocycles. The quantitative estimate of drug-likeness (QED) is 0.330. The minimum atomic E-state index is -2.53. The summed E-state index contributed by atoms with van der Waals surface area (Å²) in [6.07, 6.45) is 5.55. The van der Waals surface area contributed by atoms with Crippen LogP contribution in [0, 0.1) is 0 Å². The van der Waals surface area contributed by atoms with Crippen molar-refractivity contribution in [3.05, 3.63) is 0 Å². The molecule has 1 fully saturated rings. The summed E-state index contributed by atoms with van der Waals surface area (Å²) in [6.45, 7) is 3.16. The Morgan fingerprint density at radius 3 is 2.39 bits per heavy atom. The molecule has 0 aliphatic carbocycles. The lowest BCUT2D eigenvalue weighted by molar-refractivity contribution is -0.242. The zero-order chi connectivity index (χ0) is 13.3. The predicted molar refractivity (Wildman–Crippen MR) is 70.1 cm³/mol. The number of hydrogen-bond donors (Lipinski definition) is 0. The van der Waals surface area contributed by atoms with Crippen molar-refractivity contribution in [3.63, 3.8) is 0 Å². The lowest BCUT2D eigenvalue weighted by atomic mass is 10.2. The van der Waals surface area contributed by atoms with Crippen LogP contribution in [-0.2, 0) is 22.8 Å². The highest BCUT2D eigenvalue weighted by molar-refractivity contribution is 6.60. The zero-order valence-corrected chi connectivity index (χ0v) is 12.8. The van der Waals surface area contributed by atoms with E-state index < -0.39 is 8.80 Å². The Morgan fingerprint density at radius 1 is 1.17 bits per heavy atom. The molecule has 18 heavy (non-hydrogen) atoms. The lowest BCUT2D eigenvalue weighted by Gasteiger charge is -2.30. The van der Waals surface area contributed by atoms with E-state index in [4.69, 9.17) is 22.8 Å². The SMILES string of the molecule is CCCCCC[Si](OC)(OC)OCOC1CCO1. The highest BCUT2D eigenvalue weighted by atomic mass is 28.4. The minimum Gasteiger partial charge on any atom is -0.377 e. The molecule has 1 saturated heterocycles. The zero-order valence-electron chi connectivity index (χ0n) is 11.8. The van der Waals surface area contributed by atoms with Gasteiger partial charge >= 0.3 is 8.80 Å². The third kappa shape index (κ3) is 5.34. The average Bonchev–Trinajstić information content (AvgIpc) is 2.35. The van der Waals surface area contributed by atoms with Gasteiger partial charge in [0, 0.05) is 26.7 Å². The predicted octanol–water partition coefficient (Wildman–Crippen LogP) is 2.54. The number of hydrogen-bond acceptors (Lipinski definition) is 5. The number of ether oxygens (including phenoxy) is 2. The lowest BCUT2D eigenvalue weighted by Crippen LogP contribution is -2.45. The minimum absolute atomic E-state index is 0.106. The van der Waals surface area contributed by atoms with Crippen LogP contribution in [0.25, 0.3) is 0 Å². The van der Waals surface area contributed by atoms with E-state index in [-0.39, 0.29) is 13.1 Å². The maximum atomic E-state index is 5.71. The normalized spacial score (nSPS) is 19.8. The van der Waals surface area contributed by atoms with Crippen LogP contribution in [0.3, 0.4) is 0 Å². The molecule has 0 amide bonds. The van der Waals surface area contributed by atoms with Gasteiger partial charge in [-0.05, 0) is 6.42 Å². The van der Waals surface area contributed by atoms with Gasteiger partial charge in [-0.1, -0.05) is 26.2 Å². The summed E-state index contributed by atoms with van der Waals surface area (Å²) in [4.78, 5) is 0. The van der Waals surface area contributed by atoms with E-state index in [1.54, 1.807) is 14.2 Å². The average molecular weight is 278 g/mol. The highest BCUT2D eigenvalue weighted by Crippen LogP contribution is 2.20. The van der Waals surface area contributed by atoms with Gasteiger partial charge in [0.1, 0.15) is 6.79 Å². The van der Waals surface area contributed by atoms with Crippen LogP contribution < -0.4 is 0 Å². The summed E-state index contributed by atoms with van der Waals surface area (Å²) in [5.74, 6) is 0. The van der Waals surface area contributed by atoms with E-state index in [2.05, 4.69) is 6.92 Å². The molecule has 1 aliphatic rings. The molecular formula is C12H26O5Si. The largest absolute Gasteiger partial charge is 0.502 e. The molecule has 6 heteroatoms. The van der Waals surface area contributed by atoms with Gasteiger partial charge in [0.25, 0.3) is 0 Å². The van der Waals surface area contributed by atoms with E-state index in [1.807, 2.05) is 0 Å². The van der Waals surface area contributed by atoms with E-state index >= 15 is 0 Å². The van der Waals surface area contributed by atoms with Crippen LogP contribution in [0.15, 0.2) is 0 Å². The number of rotatable bonds is 11. The molecule has 0 aromatic carbocycles. The third-order valence-corrected chi connectivity index (χ3v) is 5.92. The van der Waals surface area contributed by atoms with Crippen LogP contribution in [0.4, 0.5) is 0 Å². The fourth-order valence-corrected chi connectivity index (χ4v) is 3.68. The molecule has 0 spiro atoms. The molecule has 1 heterocycles. The van der Waals surface area contributed by atoms with Gasteiger partial charge in [-0.3, -0.25) is 0 Å². The van der Waals surface area contributed by atoms with Gasteiger partial charge < -0.3 is 22.8 Å². The van der Waals surface area contributed by atoms with Gasteiger partial charge in [-0.2, -0.15) is 0 Å². The highest BCUT2D eigenvalue weighted by Gasteiger charge is 2.38. The van der Waals surface area contributed by atoms with Crippen LogP contribution in [0.1, 0.15) is 39.0 Å². The smallest absolute Gasteiger partial charge is 0.377 e. The molecule has 1 rings (SSSR count). The topological polar surface area (TPSA) is 46.2 Å². The Morgan fingerprint density at radius 2 is 1.89 bits per heavy atom. The van der Waals surface area contributed by atoms with Crippen molar-refractivity contribution in [2.24, 2.45) is 0 Å². The van der Waals surface area contributed by atoms with Crippen LogP contribution in [0.5, 0.6) is 0 Å². The number of unbranched alkanes of at least 4 members (excludes halogenated alkanes) is 3. The summed E-state index contributed by atoms with van der Waals surface area (Å²) < 4.78 is 27.2. The van der Waals surface area contributed by atoms with Crippen molar-refractivity contribution < 1.29 is 22.8 Å². The summed E-state index contributed by atoms with van der Waals surface area (Å²) in [5.41, 5.74) is 0. The standard InChI is InChI=1S/C12H26O5Si/c1-4-5-6-7-10-18(13-2,14-3)17-11-16-12-8-9-15-12/h12H,4-11H2,1-3H3. The first kappa shape index (κ1) is 16.1. The summed E-state index contributed by atoms with van der Waals surface area (Å²) >= 11 is 0. The van der Waals surface area contributed by atoms with E-state index in [0.29, 0.717) is 0 Å². The van der Waals surface area contributed by atoms with Gasteiger partial charge in [0.15, 0.2) is 6.29 Å². The Labute approximate surface area is 111 Å². The monoisotopic (exact) mass is 278 g/mol. The third-order valence-electron chi connectivity index (χ3n) is 3.15. The van der Waals surface area contributed by atoms with Gasteiger partial charge in [-0.25, -0.2) is 0 Å². The maximum Gasteiger partial charge on any atom is 0.502 e. The van der Waals surface area contributed by atoms with E-state index in [0.717, 1.165) is 25.5 Å². The maximum absolute atomic E-state index is 5.71. The molecule has 0 bridgehead atoms.